The molecule has 0 heterocycles. The van der Waals surface area contributed by atoms with Crippen LogP contribution in [0.2, 0.25) is 0 Å². The molecule has 0 spiro atoms. The fourth-order valence-corrected chi connectivity index (χ4v) is 4.33. The maximum Gasteiger partial charge on any atom is 0.304 e. The molecule has 0 radical (unpaired) electrons. The summed E-state index contributed by atoms with van der Waals surface area (Å²) in [6, 6.07) is 8.15. The third-order valence-electron chi connectivity index (χ3n) is 3.63. The van der Waals surface area contributed by atoms with Crippen LogP contribution in [0.1, 0.15) is 32.1 Å². The van der Waals surface area contributed by atoms with Gasteiger partial charge in [0.05, 0.1) is 11.3 Å². The van der Waals surface area contributed by atoms with Crippen LogP contribution in [0.3, 0.4) is 0 Å². The van der Waals surface area contributed by atoms with Crippen molar-refractivity contribution in [1.82, 2.24) is 4.31 Å². The second-order valence-electron chi connectivity index (χ2n) is 5.01. The van der Waals surface area contributed by atoms with Crippen LogP contribution in [0.5, 0.6) is 0 Å². The molecule has 0 aromatic heterocycles. The van der Waals surface area contributed by atoms with Crippen molar-refractivity contribution in [1.29, 1.82) is 0 Å². The molecular formula is C14H19NO4S. The molecule has 0 bridgehead atoms. The first-order valence-electron chi connectivity index (χ1n) is 6.80. The Kier molecular flexibility index (Phi) is 4.77. The lowest BCUT2D eigenvalue weighted by atomic mass is 10.2. The number of carboxylic acids is 1. The molecule has 0 amide bonds. The van der Waals surface area contributed by atoms with Gasteiger partial charge in [-0.25, -0.2) is 8.42 Å². The zero-order valence-corrected chi connectivity index (χ0v) is 12.1. The van der Waals surface area contributed by atoms with Crippen LogP contribution in [0.4, 0.5) is 0 Å². The molecule has 1 N–H and O–H groups in total. The minimum absolute atomic E-state index is 0.0389. The molecular weight excluding hydrogens is 278 g/mol. The Balaban J connectivity index is 2.27. The quantitative estimate of drug-likeness (QED) is 0.872. The number of sulfonamides is 1. The molecule has 1 fully saturated rings. The van der Waals surface area contributed by atoms with Gasteiger partial charge in [-0.2, -0.15) is 4.31 Å². The second-order valence-corrected chi connectivity index (χ2v) is 6.90. The average molecular weight is 297 g/mol. The Morgan fingerprint density at radius 2 is 1.80 bits per heavy atom. The highest BCUT2D eigenvalue weighted by Gasteiger charge is 2.33. The predicted octanol–water partition coefficient (Wildman–Crippen LogP) is 2.09. The van der Waals surface area contributed by atoms with Crippen molar-refractivity contribution in [2.24, 2.45) is 0 Å². The molecule has 0 saturated heterocycles. The maximum absolute atomic E-state index is 12.7. The standard InChI is InChI=1S/C14H19NO4S/c16-14(17)10-11-15(12-6-4-5-7-12)20(18,19)13-8-2-1-3-9-13/h1-3,8-9,12H,4-7,10-11H2,(H,16,17). The van der Waals surface area contributed by atoms with Gasteiger partial charge in [0, 0.05) is 12.6 Å². The topological polar surface area (TPSA) is 74.7 Å². The molecule has 6 heteroatoms. The van der Waals surface area contributed by atoms with E-state index >= 15 is 0 Å². The van der Waals surface area contributed by atoms with E-state index in [9.17, 15) is 13.2 Å². The van der Waals surface area contributed by atoms with Gasteiger partial charge in [-0.3, -0.25) is 4.79 Å². The van der Waals surface area contributed by atoms with E-state index in [1.165, 1.54) is 4.31 Å². The summed E-state index contributed by atoms with van der Waals surface area (Å²) in [6.07, 6.45) is 3.46. The van der Waals surface area contributed by atoms with Crippen LogP contribution in [0.25, 0.3) is 0 Å². The smallest absolute Gasteiger partial charge is 0.304 e. The first kappa shape index (κ1) is 15.0. The highest BCUT2D eigenvalue weighted by atomic mass is 32.2. The van der Waals surface area contributed by atoms with E-state index in [0.717, 1.165) is 25.7 Å². The molecule has 1 aliphatic rings. The molecule has 1 aromatic carbocycles. The van der Waals surface area contributed by atoms with Gasteiger partial charge >= 0.3 is 5.97 Å². The molecule has 0 unspecified atom stereocenters. The molecule has 0 aliphatic heterocycles. The number of rotatable bonds is 6. The van der Waals surface area contributed by atoms with Crippen LogP contribution < -0.4 is 0 Å². The summed E-state index contributed by atoms with van der Waals surface area (Å²) in [4.78, 5) is 11.0. The SMILES string of the molecule is O=C(O)CCN(C1CCCC1)S(=O)(=O)c1ccccc1. The minimum atomic E-state index is -3.61. The van der Waals surface area contributed by atoms with Crippen molar-refractivity contribution in [2.75, 3.05) is 6.54 Å². The van der Waals surface area contributed by atoms with Crippen molar-refractivity contribution in [3.63, 3.8) is 0 Å². The van der Waals surface area contributed by atoms with Crippen LogP contribution >= 0.6 is 0 Å². The van der Waals surface area contributed by atoms with Crippen LogP contribution in [0.15, 0.2) is 35.2 Å². The highest BCUT2D eigenvalue weighted by Crippen LogP contribution is 2.28. The molecule has 0 atom stereocenters. The summed E-state index contributed by atoms with van der Waals surface area (Å²) < 4.78 is 26.7. The molecule has 20 heavy (non-hydrogen) atoms. The summed E-state index contributed by atoms with van der Waals surface area (Å²) in [5.74, 6) is -0.976. The largest absolute Gasteiger partial charge is 0.481 e. The number of carbonyl (C=O) groups is 1. The number of hydrogen-bond donors (Lipinski definition) is 1. The van der Waals surface area contributed by atoms with Gasteiger partial charge in [-0.05, 0) is 25.0 Å². The lowest BCUT2D eigenvalue weighted by Crippen LogP contribution is -2.40. The predicted molar refractivity (Wildman–Crippen MR) is 74.8 cm³/mol. The molecule has 1 aromatic rings. The number of benzene rings is 1. The number of aliphatic carboxylic acids is 1. The van der Waals surface area contributed by atoms with Gasteiger partial charge < -0.3 is 5.11 Å². The summed E-state index contributed by atoms with van der Waals surface area (Å²) in [5.41, 5.74) is 0. The van der Waals surface area contributed by atoms with Crippen molar-refractivity contribution >= 4 is 16.0 Å². The van der Waals surface area contributed by atoms with Crippen LogP contribution in [-0.2, 0) is 14.8 Å². The Morgan fingerprint density at radius 1 is 1.20 bits per heavy atom. The minimum Gasteiger partial charge on any atom is -0.481 e. The zero-order chi connectivity index (χ0) is 14.6. The van der Waals surface area contributed by atoms with Crippen molar-refractivity contribution < 1.29 is 18.3 Å². The molecule has 110 valence electrons. The fraction of sp³-hybridized carbons (Fsp3) is 0.500. The lowest BCUT2D eigenvalue weighted by Gasteiger charge is -2.27. The number of hydrogen-bond acceptors (Lipinski definition) is 3. The Labute approximate surface area is 119 Å². The summed E-state index contributed by atoms with van der Waals surface area (Å²) in [6.45, 7) is 0.0389. The van der Waals surface area contributed by atoms with Crippen LogP contribution in [-0.4, -0.2) is 36.4 Å². The molecule has 1 aliphatic carbocycles. The Bertz CT molecular complexity index is 550. The number of nitrogens with zero attached hydrogens (tertiary/aromatic N) is 1. The molecule has 5 nitrogen and oxygen atoms in total. The summed E-state index contributed by atoms with van der Waals surface area (Å²) >= 11 is 0. The first-order chi connectivity index (χ1) is 9.51. The number of carboxylic acid groups (broad SMARTS) is 1. The van der Waals surface area contributed by atoms with Gasteiger partial charge in [0.2, 0.25) is 10.0 Å². The molecule has 2 rings (SSSR count). The monoisotopic (exact) mass is 297 g/mol. The van der Waals surface area contributed by atoms with E-state index in [4.69, 9.17) is 5.11 Å². The summed E-state index contributed by atoms with van der Waals surface area (Å²) in [5, 5.41) is 8.82. The van der Waals surface area contributed by atoms with E-state index in [0.29, 0.717) is 0 Å². The highest BCUT2D eigenvalue weighted by molar-refractivity contribution is 7.89. The third kappa shape index (κ3) is 3.37. The lowest BCUT2D eigenvalue weighted by molar-refractivity contribution is -0.137. The zero-order valence-electron chi connectivity index (χ0n) is 11.2. The van der Waals surface area contributed by atoms with E-state index in [2.05, 4.69) is 0 Å². The van der Waals surface area contributed by atoms with E-state index < -0.39 is 16.0 Å². The Morgan fingerprint density at radius 3 is 2.35 bits per heavy atom. The van der Waals surface area contributed by atoms with Crippen molar-refractivity contribution in [2.45, 2.75) is 43.0 Å². The van der Waals surface area contributed by atoms with Crippen molar-refractivity contribution in [3.8, 4) is 0 Å². The fourth-order valence-electron chi connectivity index (χ4n) is 2.62. The van der Waals surface area contributed by atoms with E-state index in [1.54, 1.807) is 30.3 Å². The van der Waals surface area contributed by atoms with Gasteiger partial charge in [0.15, 0.2) is 0 Å². The van der Waals surface area contributed by atoms with E-state index in [1.807, 2.05) is 0 Å². The van der Waals surface area contributed by atoms with Gasteiger partial charge in [0.1, 0.15) is 0 Å². The first-order valence-corrected chi connectivity index (χ1v) is 8.24. The normalized spacial score (nSPS) is 16.6. The Hall–Kier alpha value is -1.40. The van der Waals surface area contributed by atoms with E-state index in [-0.39, 0.29) is 23.9 Å². The van der Waals surface area contributed by atoms with Crippen LogP contribution in [0, 0.1) is 0 Å². The maximum atomic E-state index is 12.7. The molecule has 1 saturated carbocycles. The van der Waals surface area contributed by atoms with Gasteiger partial charge in [-0.1, -0.05) is 31.0 Å². The van der Waals surface area contributed by atoms with Crippen molar-refractivity contribution in [3.05, 3.63) is 30.3 Å². The second kappa shape index (κ2) is 6.37. The average Bonchev–Trinajstić information content (AvgIpc) is 2.93. The van der Waals surface area contributed by atoms with Gasteiger partial charge in [-0.15, -0.1) is 0 Å². The summed E-state index contributed by atoms with van der Waals surface area (Å²) in [7, 11) is -3.61. The third-order valence-corrected chi connectivity index (χ3v) is 5.59. The van der Waals surface area contributed by atoms with Gasteiger partial charge in [0.25, 0.3) is 0 Å².